The van der Waals surface area contributed by atoms with Crippen LogP contribution < -0.4 is 0 Å². The van der Waals surface area contributed by atoms with Crippen LogP contribution >= 0.6 is 11.8 Å². The summed E-state index contributed by atoms with van der Waals surface area (Å²) in [7, 11) is 0. The predicted octanol–water partition coefficient (Wildman–Crippen LogP) is 1.57. The highest BCUT2D eigenvalue weighted by atomic mass is 32.2. The summed E-state index contributed by atoms with van der Waals surface area (Å²) in [6.45, 7) is 0. The topological polar surface area (TPSA) is 130 Å². The molecule has 0 spiro atoms. The molecule has 1 saturated heterocycles. The van der Waals surface area contributed by atoms with Crippen LogP contribution in [0.1, 0.15) is 19.3 Å². The molecule has 2 atom stereocenters. The molecule has 8 nitrogen and oxygen atoms in total. The van der Waals surface area contributed by atoms with Gasteiger partial charge in [-0.25, -0.2) is 4.79 Å². The Hall–Kier alpha value is -2.17. The molecule has 0 radical (unpaired) electrons. The Morgan fingerprint density at radius 2 is 2.53 bits per heavy atom. The lowest BCUT2D eigenvalue weighted by molar-refractivity contribution is -0.145. The molecular weight excluding hydrogens is 270 g/mol. The van der Waals surface area contributed by atoms with Crippen molar-refractivity contribution in [3.63, 3.8) is 0 Å². The van der Waals surface area contributed by atoms with Gasteiger partial charge in [-0.15, -0.1) is 11.8 Å². The second-order valence-corrected chi connectivity index (χ2v) is 5.20. The van der Waals surface area contributed by atoms with Crippen LogP contribution in [0.3, 0.4) is 0 Å². The highest BCUT2D eigenvalue weighted by molar-refractivity contribution is 8.04. The zero-order chi connectivity index (χ0) is 14.0. The van der Waals surface area contributed by atoms with Gasteiger partial charge in [0.1, 0.15) is 5.70 Å². The maximum absolute atomic E-state index is 11.4. The molecule has 1 fully saturated rings. The summed E-state index contributed by atoms with van der Waals surface area (Å²) in [5, 5.41) is 21.1. The number of thioether (sulfide) groups is 1. The molecule has 0 aromatic heterocycles. The van der Waals surface area contributed by atoms with E-state index < -0.39 is 12.0 Å². The molecule has 2 aliphatic heterocycles. The molecule has 2 aliphatic rings. The van der Waals surface area contributed by atoms with Crippen molar-refractivity contribution in [3.05, 3.63) is 21.0 Å². The van der Waals surface area contributed by atoms with Gasteiger partial charge in [0.05, 0.1) is 23.9 Å². The van der Waals surface area contributed by atoms with Gasteiger partial charge in [-0.05, 0) is 12.0 Å². The molecule has 1 unspecified atom stereocenters. The number of nitriles is 1. The zero-order valence-corrected chi connectivity index (χ0v) is 10.5. The van der Waals surface area contributed by atoms with Crippen molar-refractivity contribution in [2.75, 3.05) is 0 Å². The summed E-state index contributed by atoms with van der Waals surface area (Å²) in [5.74, 6) is -1.46. The van der Waals surface area contributed by atoms with E-state index in [1.165, 1.54) is 16.7 Å². The van der Waals surface area contributed by atoms with Gasteiger partial charge in [0.15, 0.2) is 0 Å². The number of hydrogen-bond donors (Lipinski definition) is 1. The van der Waals surface area contributed by atoms with E-state index in [-0.39, 0.29) is 36.2 Å². The van der Waals surface area contributed by atoms with E-state index in [9.17, 15) is 14.7 Å². The maximum Gasteiger partial charge on any atom is 0.353 e. The van der Waals surface area contributed by atoms with Crippen LogP contribution in [0.2, 0.25) is 0 Å². The quantitative estimate of drug-likeness (QED) is 0.353. The number of amides is 1. The number of rotatable bonds is 5. The van der Waals surface area contributed by atoms with Crippen molar-refractivity contribution in [2.45, 2.75) is 30.7 Å². The van der Waals surface area contributed by atoms with E-state index in [0.29, 0.717) is 4.91 Å². The second kappa shape index (κ2) is 5.22. The van der Waals surface area contributed by atoms with E-state index in [0.717, 1.165) is 0 Å². The molecule has 2 rings (SSSR count). The fourth-order valence-corrected chi connectivity index (χ4v) is 3.49. The lowest BCUT2D eigenvalue weighted by Gasteiger charge is -2.33. The van der Waals surface area contributed by atoms with Crippen molar-refractivity contribution in [2.24, 2.45) is 5.11 Å². The number of carboxylic acids is 1. The smallest absolute Gasteiger partial charge is 0.353 e. The molecule has 0 bridgehead atoms. The number of aliphatic carboxylic acids is 1. The van der Waals surface area contributed by atoms with E-state index in [1.807, 2.05) is 6.07 Å². The first-order valence-electron chi connectivity index (χ1n) is 5.47. The number of carbonyl (C=O) groups excluding carboxylic acids is 1. The minimum absolute atomic E-state index is 0.110. The van der Waals surface area contributed by atoms with Gasteiger partial charge in [-0.3, -0.25) is 9.69 Å². The van der Waals surface area contributed by atoms with Crippen LogP contribution in [0, 0.1) is 11.3 Å². The number of carbonyl (C=O) groups is 2. The van der Waals surface area contributed by atoms with Gasteiger partial charge in [0.25, 0.3) is 0 Å². The summed E-state index contributed by atoms with van der Waals surface area (Å²) in [6.07, 6.45) is 0.680. The largest absolute Gasteiger partial charge is 0.477 e. The zero-order valence-electron chi connectivity index (χ0n) is 9.68. The minimum atomic E-state index is -1.21. The highest BCUT2D eigenvalue weighted by Crippen LogP contribution is 2.48. The van der Waals surface area contributed by atoms with Gasteiger partial charge >= 0.3 is 5.97 Å². The van der Waals surface area contributed by atoms with Gasteiger partial charge in [0, 0.05) is 16.2 Å². The fraction of sp³-hybridized carbons (Fsp3) is 0.500. The average molecular weight is 279 g/mol. The number of hydrogen-bond acceptors (Lipinski definition) is 5. The van der Waals surface area contributed by atoms with E-state index in [4.69, 9.17) is 10.8 Å². The van der Waals surface area contributed by atoms with Crippen molar-refractivity contribution >= 4 is 23.6 Å². The molecule has 0 aromatic carbocycles. The summed E-state index contributed by atoms with van der Waals surface area (Å²) in [4.78, 5) is 27.0. The molecule has 1 amide bonds. The third-order valence-corrected chi connectivity index (χ3v) is 4.24. The van der Waals surface area contributed by atoms with Gasteiger partial charge in [-0.1, -0.05) is 5.11 Å². The molecule has 2 heterocycles. The van der Waals surface area contributed by atoms with E-state index in [1.54, 1.807) is 0 Å². The van der Waals surface area contributed by atoms with Crippen molar-refractivity contribution in [1.29, 1.82) is 5.26 Å². The van der Waals surface area contributed by atoms with Gasteiger partial charge in [0.2, 0.25) is 5.91 Å². The van der Waals surface area contributed by atoms with Crippen LogP contribution in [-0.4, -0.2) is 33.3 Å². The van der Waals surface area contributed by atoms with E-state index in [2.05, 4.69) is 10.0 Å². The van der Waals surface area contributed by atoms with Gasteiger partial charge in [-0.2, -0.15) is 5.26 Å². The number of azide groups is 1. The predicted molar refractivity (Wildman–Crippen MR) is 65.3 cm³/mol. The van der Waals surface area contributed by atoms with Gasteiger partial charge < -0.3 is 5.11 Å². The molecule has 9 heteroatoms. The van der Waals surface area contributed by atoms with Crippen LogP contribution in [0.15, 0.2) is 15.7 Å². The molecule has 0 saturated carbocycles. The molecule has 98 valence electrons. The Labute approximate surface area is 112 Å². The Kier molecular flexibility index (Phi) is 3.64. The van der Waals surface area contributed by atoms with Crippen LogP contribution in [0.5, 0.6) is 0 Å². The first-order valence-corrected chi connectivity index (χ1v) is 6.35. The Balaban J connectivity index is 2.35. The molecule has 1 N–H and O–H groups in total. The number of nitrogens with zero attached hydrogens (tertiary/aromatic N) is 5. The normalized spacial score (nSPS) is 22.2. The van der Waals surface area contributed by atoms with Crippen LogP contribution in [-0.2, 0) is 9.59 Å². The molecule has 19 heavy (non-hydrogen) atoms. The molecule has 0 aromatic rings. The summed E-state index contributed by atoms with van der Waals surface area (Å²) in [6, 6.07) is 1.22. The minimum Gasteiger partial charge on any atom is -0.477 e. The van der Waals surface area contributed by atoms with Crippen molar-refractivity contribution in [1.82, 2.24) is 4.90 Å². The monoisotopic (exact) mass is 279 g/mol. The Morgan fingerprint density at radius 3 is 3.05 bits per heavy atom. The Bertz CT molecular complexity index is 560. The van der Waals surface area contributed by atoms with Crippen molar-refractivity contribution in [3.8, 4) is 6.07 Å². The average Bonchev–Trinajstić information content (AvgIpc) is 2.67. The van der Waals surface area contributed by atoms with Crippen LogP contribution in [0.4, 0.5) is 0 Å². The van der Waals surface area contributed by atoms with Crippen LogP contribution in [0.25, 0.3) is 10.4 Å². The van der Waals surface area contributed by atoms with Crippen molar-refractivity contribution < 1.29 is 14.7 Å². The molecular formula is C10H9N5O3S. The number of carboxylic acid groups (broad SMARTS) is 1. The third kappa shape index (κ3) is 2.23. The lowest BCUT2D eigenvalue weighted by Crippen LogP contribution is -2.48. The first-order chi connectivity index (χ1) is 9.10. The second-order valence-electron chi connectivity index (χ2n) is 3.98. The first kappa shape index (κ1) is 13.3. The number of β-lactam (4-membered cyclic amide) rings is 1. The number of fused-ring (bicyclic) bond motifs is 1. The molecule has 0 aliphatic carbocycles. The summed E-state index contributed by atoms with van der Waals surface area (Å²) >= 11 is 1.23. The standard InChI is InChI=1S/C10H9N5O3S/c11-3-1-2-5(13-14-12)9-8(10(17)18)15-6(16)4-7(15)19-9/h5,7H,1-2,4H2,(H,17,18)/t5?,7-/m0/s1. The summed E-state index contributed by atoms with van der Waals surface area (Å²) in [5.41, 5.74) is 8.43. The summed E-state index contributed by atoms with van der Waals surface area (Å²) < 4.78 is 0. The highest BCUT2D eigenvalue weighted by Gasteiger charge is 2.49. The lowest BCUT2D eigenvalue weighted by atomic mass is 10.1. The maximum atomic E-state index is 11.4. The Morgan fingerprint density at radius 1 is 1.79 bits per heavy atom. The van der Waals surface area contributed by atoms with E-state index >= 15 is 0 Å². The fourth-order valence-electron chi connectivity index (χ4n) is 2.02. The SMILES string of the molecule is N#CCCC(N=[N+]=[N-])C1=C(C(=O)O)N2C(=O)C[C@@H]2S1. The third-order valence-electron chi connectivity index (χ3n) is 2.87.